The Labute approximate surface area is 114 Å². The Morgan fingerprint density at radius 2 is 1.89 bits per heavy atom. The van der Waals surface area contributed by atoms with Gasteiger partial charge in [-0.2, -0.15) is 0 Å². The lowest BCUT2D eigenvalue weighted by molar-refractivity contribution is 0.258. The molecule has 1 fully saturated rings. The molecule has 1 aliphatic rings. The number of benzene rings is 1. The number of anilines is 1. The van der Waals surface area contributed by atoms with Gasteiger partial charge in [-0.1, -0.05) is 25.1 Å². The molecule has 0 radical (unpaired) electrons. The van der Waals surface area contributed by atoms with Crippen LogP contribution in [0.15, 0.2) is 36.4 Å². The summed E-state index contributed by atoms with van der Waals surface area (Å²) >= 11 is 0. The average Bonchev–Trinajstić information content (AvgIpc) is 2.47. The van der Waals surface area contributed by atoms with Crippen molar-refractivity contribution in [2.75, 3.05) is 24.5 Å². The first-order valence-corrected chi connectivity index (χ1v) is 7.01. The number of rotatable bonds is 2. The van der Waals surface area contributed by atoms with E-state index >= 15 is 0 Å². The summed E-state index contributed by atoms with van der Waals surface area (Å²) in [6, 6.07) is 12.6. The van der Waals surface area contributed by atoms with Gasteiger partial charge < -0.3 is 10.6 Å². The fourth-order valence-electron chi connectivity index (χ4n) is 2.71. The zero-order chi connectivity index (χ0) is 13.3. The van der Waals surface area contributed by atoms with E-state index in [0.717, 1.165) is 43.8 Å². The summed E-state index contributed by atoms with van der Waals surface area (Å²) < 4.78 is 0. The van der Waals surface area contributed by atoms with Crippen molar-refractivity contribution in [1.29, 1.82) is 0 Å². The van der Waals surface area contributed by atoms with E-state index in [0.29, 0.717) is 5.41 Å². The maximum atomic E-state index is 5.86. The van der Waals surface area contributed by atoms with Gasteiger partial charge in [0.05, 0.1) is 5.52 Å². The lowest BCUT2D eigenvalue weighted by atomic mass is 9.80. The Morgan fingerprint density at radius 3 is 2.63 bits per heavy atom. The molecule has 2 aromatic rings. The highest BCUT2D eigenvalue weighted by Crippen LogP contribution is 2.31. The van der Waals surface area contributed by atoms with E-state index < -0.39 is 0 Å². The van der Waals surface area contributed by atoms with Crippen LogP contribution in [0.25, 0.3) is 10.9 Å². The van der Waals surface area contributed by atoms with Crippen molar-refractivity contribution in [2.45, 2.75) is 19.8 Å². The molecular weight excluding hydrogens is 234 g/mol. The molecule has 0 atom stereocenters. The van der Waals surface area contributed by atoms with Crippen molar-refractivity contribution in [3.8, 4) is 0 Å². The lowest BCUT2D eigenvalue weighted by Crippen LogP contribution is -2.42. The Balaban J connectivity index is 1.82. The van der Waals surface area contributed by atoms with Crippen molar-refractivity contribution < 1.29 is 0 Å². The fraction of sp³-hybridized carbons (Fsp3) is 0.438. The molecule has 1 aliphatic heterocycles. The summed E-state index contributed by atoms with van der Waals surface area (Å²) in [6.45, 7) is 5.18. The normalized spacial score (nSPS) is 18.7. The van der Waals surface area contributed by atoms with E-state index in [1.165, 1.54) is 5.39 Å². The van der Waals surface area contributed by atoms with Crippen LogP contribution in [0, 0.1) is 5.41 Å². The molecule has 3 heteroatoms. The quantitative estimate of drug-likeness (QED) is 0.897. The van der Waals surface area contributed by atoms with Gasteiger partial charge in [0.15, 0.2) is 0 Å². The van der Waals surface area contributed by atoms with Crippen LogP contribution in [0.1, 0.15) is 19.8 Å². The summed E-state index contributed by atoms with van der Waals surface area (Å²) in [5.41, 5.74) is 7.25. The summed E-state index contributed by atoms with van der Waals surface area (Å²) in [5.74, 6) is 1.10. The van der Waals surface area contributed by atoms with E-state index in [2.05, 4.69) is 42.2 Å². The highest BCUT2D eigenvalue weighted by atomic mass is 15.2. The minimum absolute atomic E-state index is 0.313. The first kappa shape index (κ1) is 12.4. The van der Waals surface area contributed by atoms with Crippen LogP contribution < -0.4 is 10.6 Å². The molecule has 0 unspecified atom stereocenters. The molecular formula is C16H21N3. The van der Waals surface area contributed by atoms with Gasteiger partial charge in [-0.15, -0.1) is 0 Å². The number of hydrogen-bond donors (Lipinski definition) is 1. The van der Waals surface area contributed by atoms with Crippen LogP contribution in [0.2, 0.25) is 0 Å². The molecule has 19 heavy (non-hydrogen) atoms. The number of fused-ring (bicyclic) bond motifs is 1. The molecule has 100 valence electrons. The Morgan fingerprint density at radius 1 is 1.16 bits per heavy atom. The smallest absolute Gasteiger partial charge is 0.129 e. The lowest BCUT2D eigenvalue weighted by Gasteiger charge is -2.39. The van der Waals surface area contributed by atoms with Crippen molar-refractivity contribution in [1.82, 2.24) is 4.98 Å². The second-order valence-corrected chi connectivity index (χ2v) is 5.86. The van der Waals surface area contributed by atoms with E-state index in [-0.39, 0.29) is 0 Å². The molecule has 3 rings (SSSR count). The molecule has 0 saturated carbocycles. The second-order valence-electron chi connectivity index (χ2n) is 5.86. The van der Waals surface area contributed by atoms with Gasteiger partial charge >= 0.3 is 0 Å². The Kier molecular flexibility index (Phi) is 3.15. The molecule has 3 nitrogen and oxygen atoms in total. The third-order valence-corrected chi connectivity index (χ3v) is 4.37. The van der Waals surface area contributed by atoms with E-state index in [1.807, 2.05) is 6.07 Å². The van der Waals surface area contributed by atoms with Gasteiger partial charge in [-0.3, -0.25) is 0 Å². The van der Waals surface area contributed by atoms with Gasteiger partial charge in [-0.25, -0.2) is 4.98 Å². The predicted molar refractivity (Wildman–Crippen MR) is 80.4 cm³/mol. The minimum atomic E-state index is 0.313. The number of hydrogen-bond acceptors (Lipinski definition) is 3. The average molecular weight is 255 g/mol. The molecule has 1 aromatic carbocycles. The molecule has 1 saturated heterocycles. The third kappa shape index (κ3) is 2.43. The summed E-state index contributed by atoms with van der Waals surface area (Å²) in [7, 11) is 0. The first-order chi connectivity index (χ1) is 9.20. The standard InChI is InChI=1S/C16H21N3/c1-16(12-17)8-10-19(11-9-16)15-7-6-13-4-2-3-5-14(13)18-15/h2-7H,8-12,17H2,1H3. The van der Waals surface area contributed by atoms with Gasteiger partial charge in [0, 0.05) is 18.5 Å². The number of nitrogens with zero attached hydrogens (tertiary/aromatic N) is 2. The van der Waals surface area contributed by atoms with Crippen molar-refractivity contribution >= 4 is 16.7 Å². The molecule has 0 spiro atoms. The fourth-order valence-corrected chi connectivity index (χ4v) is 2.71. The van der Waals surface area contributed by atoms with Crippen molar-refractivity contribution in [3.63, 3.8) is 0 Å². The number of nitrogens with two attached hydrogens (primary N) is 1. The Hall–Kier alpha value is -1.61. The van der Waals surface area contributed by atoms with Gasteiger partial charge in [-0.05, 0) is 43.0 Å². The monoisotopic (exact) mass is 255 g/mol. The van der Waals surface area contributed by atoms with Crippen LogP contribution in [0.4, 0.5) is 5.82 Å². The van der Waals surface area contributed by atoms with Gasteiger partial charge in [0.2, 0.25) is 0 Å². The van der Waals surface area contributed by atoms with Crippen LogP contribution in [0.3, 0.4) is 0 Å². The number of piperidine rings is 1. The van der Waals surface area contributed by atoms with Crippen LogP contribution in [-0.4, -0.2) is 24.6 Å². The highest BCUT2D eigenvalue weighted by Gasteiger charge is 2.29. The topological polar surface area (TPSA) is 42.1 Å². The van der Waals surface area contributed by atoms with Crippen molar-refractivity contribution in [3.05, 3.63) is 36.4 Å². The summed E-state index contributed by atoms with van der Waals surface area (Å²) in [5, 5.41) is 1.20. The molecule has 0 bridgehead atoms. The van der Waals surface area contributed by atoms with E-state index in [1.54, 1.807) is 0 Å². The largest absolute Gasteiger partial charge is 0.357 e. The molecule has 2 N–H and O–H groups in total. The van der Waals surface area contributed by atoms with Crippen molar-refractivity contribution in [2.24, 2.45) is 11.1 Å². The number of para-hydroxylation sites is 1. The molecule has 1 aromatic heterocycles. The van der Waals surface area contributed by atoms with E-state index in [9.17, 15) is 0 Å². The first-order valence-electron chi connectivity index (χ1n) is 7.01. The summed E-state index contributed by atoms with van der Waals surface area (Å²) in [4.78, 5) is 7.15. The maximum Gasteiger partial charge on any atom is 0.129 e. The second kappa shape index (κ2) is 4.82. The minimum Gasteiger partial charge on any atom is -0.357 e. The zero-order valence-corrected chi connectivity index (χ0v) is 11.5. The molecule has 0 amide bonds. The maximum absolute atomic E-state index is 5.86. The zero-order valence-electron chi connectivity index (χ0n) is 11.5. The van der Waals surface area contributed by atoms with Crippen LogP contribution in [-0.2, 0) is 0 Å². The molecule has 0 aliphatic carbocycles. The SMILES string of the molecule is CC1(CN)CCN(c2ccc3ccccc3n2)CC1. The van der Waals surface area contributed by atoms with Crippen LogP contribution >= 0.6 is 0 Å². The number of pyridine rings is 1. The van der Waals surface area contributed by atoms with Gasteiger partial charge in [0.1, 0.15) is 5.82 Å². The third-order valence-electron chi connectivity index (χ3n) is 4.37. The summed E-state index contributed by atoms with van der Waals surface area (Å²) in [6.07, 6.45) is 2.30. The Bertz CT molecular complexity index is 571. The highest BCUT2D eigenvalue weighted by molar-refractivity contribution is 5.80. The van der Waals surface area contributed by atoms with Crippen LogP contribution in [0.5, 0.6) is 0 Å². The molecule has 2 heterocycles. The van der Waals surface area contributed by atoms with E-state index in [4.69, 9.17) is 10.7 Å². The van der Waals surface area contributed by atoms with Gasteiger partial charge in [0.25, 0.3) is 0 Å². The predicted octanol–water partition coefficient (Wildman–Crippen LogP) is 2.80. The number of aromatic nitrogens is 1.